The lowest BCUT2D eigenvalue weighted by molar-refractivity contribution is -0.278. The van der Waals surface area contributed by atoms with Crippen LogP contribution in [-0.4, -0.2) is 56.2 Å². The molecule has 82 valence electrons. The van der Waals surface area contributed by atoms with Gasteiger partial charge in [0.25, 0.3) is 0 Å². The molecule has 1 aliphatic heterocycles. The fourth-order valence-corrected chi connectivity index (χ4v) is 1.22. The predicted octanol–water partition coefficient (Wildman–Crippen LogP) is -1.75. The van der Waals surface area contributed by atoms with E-state index in [1.165, 1.54) is 0 Å². The van der Waals surface area contributed by atoms with Gasteiger partial charge < -0.3 is 30.3 Å². The summed E-state index contributed by atoms with van der Waals surface area (Å²) < 4.78 is 11.5. The topological polar surface area (TPSA) is 110 Å². The number of rotatable bonds is 1. The lowest BCUT2D eigenvalue weighted by atomic mass is 9.98. The smallest absolute Gasteiger partial charge is 0.184 e. The Morgan fingerprint density at radius 2 is 1.86 bits per heavy atom. The first-order valence-corrected chi connectivity index (χ1v) is 4.05. The molecule has 1 unspecified atom stereocenters. The van der Waals surface area contributed by atoms with Gasteiger partial charge in [0.2, 0.25) is 0 Å². The van der Waals surface area contributed by atoms with Crippen LogP contribution in [0.1, 0.15) is 8.27 Å². The van der Waals surface area contributed by atoms with Crippen LogP contribution in [0.2, 0.25) is 0 Å². The maximum Gasteiger partial charge on any atom is 0.184 e. The molecule has 0 amide bonds. The van der Waals surface area contributed by atoms with E-state index in [-0.39, 0.29) is 6.90 Å². The molecule has 6 nitrogen and oxygen atoms in total. The minimum Gasteiger partial charge on any atom is -0.510 e. The van der Waals surface area contributed by atoms with E-state index in [4.69, 9.17) is 11.6 Å². The normalized spacial score (nSPS) is 46.1. The van der Waals surface area contributed by atoms with Crippen LogP contribution >= 0.6 is 0 Å². The first kappa shape index (κ1) is 9.88. The number of ether oxygens (including phenoxy) is 1. The van der Waals surface area contributed by atoms with Crippen molar-refractivity contribution in [3.8, 4) is 0 Å². The molecule has 0 radical (unpaired) electrons. The molecule has 5 atom stereocenters. The molecule has 1 rings (SSSR count). The molecule has 14 heavy (non-hydrogen) atoms. The molecule has 1 aliphatic rings. The molecule has 1 saturated heterocycles. The van der Waals surface area contributed by atoms with Crippen molar-refractivity contribution in [2.45, 2.75) is 37.6 Å². The van der Waals surface area contributed by atoms with Gasteiger partial charge in [0.1, 0.15) is 30.2 Å². The molecule has 0 spiro atoms. The van der Waals surface area contributed by atoms with Gasteiger partial charge in [-0.2, -0.15) is 0 Å². The third-order valence-electron chi connectivity index (χ3n) is 2.09. The number of allylic oxidation sites excluding steroid dienone is 1. The summed E-state index contributed by atoms with van der Waals surface area (Å²) in [5, 5.41) is 46.3. The van der Waals surface area contributed by atoms with E-state index in [2.05, 4.69) is 4.74 Å². The van der Waals surface area contributed by atoms with E-state index in [1.54, 1.807) is 0 Å². The van der Waals surface area contributed by atoms with E-state index >= 15 is 0 Å². The molecular formula is C8H14O6. The van der Waals surface area contributed by atoms with Crippen LogP contribution in [-0.2, 0) is 4.74 Å². The zero-order chi connectivity index (χ0) is 11.6. The standard InChI is InChI=1S/C8H14O6/c1-2-3(9)7-5(11)4(10)6(12)8(13)14-7/h2,4-13H,1H3/t4-,5-,6+,7+,8?/m0/s1/i1D. The van der Waals surface area contributed by atoms with Crippen molar-refractivity contribution in [1.29, 1.82) is 0 Å². The number of aliphatic hydroxyl groups is 5. The molecule has 5 N–H and O–H groups in total. The van der Waals surface area contributed by atoms with Gasteiger partial charge in [-0.1, -0.05) is 0 Å². The third kappa shape index (κ3) is 1.89. The molecule has 0 aromatic carbocycles. The largest absolute Gasteiger partial charge is 0.510 e. The number of aliphatic hydroxyl groups excluding tert-OH is 5. The SMILES string of the molecule is [2H]CC=C(O)[C@H]1OC(O)[C@H](O)[C@@H](O)[C@@H]1O. The molecule has 6 heteroatoms. The second kappa shape index (κ2) is 4.24. The summed E-state index contributed by atoms with van der Waals surface area (Å²) in [4.78, 5) is 0. The molecule has 0 aliphatic carbocycles. The first-order chi connectivity index (χ1) is 6.99. The second-order valence-electron chi connectivity index (χ2n) is 3.05. The van der Waals surface area contributed by atoms with Crippen molar-refractivity contribution in [3.63, 3.8) is 0 Å². The molecular weight excluding hydrogens is 192 g/mol. The summed E-state index contributed by atoms with van der Waals surface area (Å²) >= 11 is 0. The zero-order valence-corrected chi connectivity index (χ0v) is 7.32. The summed E-state index contributed by atoms with van der Waals surface area (Å²) in [6.45, 7) is -0.229. The van der Waals surface area contributed by atoms with Gasteiger partial charge in [-0.3, -0.25) is 0 Å². The van der Waals surface area contributed by atoms with Crippen LogP contribution in [0.5, 0.6) is 0 Å². The van der Waals surface area contributed by atoms with Crippen molar-refractivity contribution in [2.75, 3.05) is 0 Å². The molecule has 0 aromatic rings. The monoisotopic (exact) mass is 207 g/mol. The fourth-order valence-electron chi connectivity index (χ4n) is 1.22. The van der Waals surface area contributed by atoms with Gasteiger partial charge >= 0.3 is 0 Å². The van der Waals surface area contributed by atoms with Crippen molar-refractivity contribution < 1.29 is 31.6 Å². The van der Waals surface area contributed by atoms with Crippen molar-refractivity contribution in [1.82, 2.24) is 0 Å². The predicted molar refractivity (Wildman–Crippen MR) is 45.3 cm³/mol. The second-order valence-corrected chi connectivity index (χ2v) is 3.05. The van der Waals surface area contributed by atoms with Crippen LogP contribution in [0.15, 0.2) is 11.8 Å². The van der Waals surface area contributed by atoms with E-state index in [9.17, 15) is 15.3 Å². The van der Waals surface area contributed by atoms with Crippen molar-refractivity contribution in [3.05, 3.63) is 11.8 Å². The molecule has 0 bridgehead atoms. The van der Waals surface area contributed by atoms with E-state index in [1.807, 2.05) is 0 Å². The highest BCUT2D eigenvalue weighted by Crippen LogP contribution is 2.23. The summed E-state index contributed by atoms with van der Waals surface area (Å²) in [6, 6.07) is 0. The summed E-state index contributed by atoms with van der Waals surface area (Å²) in [5.41, 5.74) is 0. The van der Waals surface area contributed by atoms with Crippen LogP contribution in [0, 0.1) is 0 Å². The maximum atomic E-state index is 9.41. The van der Waals surface area contributed by atoms with E-state index in [0.717, 1.165) is 6.08 Å². The van der Waals surface area contributed by atoms with Gasteiger partial charge in [0.05, 0.1) is 0 Å². The van der Waals surface area contributed by atoms with Gasteiger partial charge in [0.15, 0.2) is 6.29 Å². The highest BCUT2D eigenvalue weighted by atomic mass is 16.6. The Bertz CT molecular complexity index is 245. The number of hydrogen-bond acceptors (Lipinski definition) is 6. The minimum absolute atomic E-state index is 0.229. The van der Waals surface area contributed by atoms with Crippen LogP contribution in [0.3, 0.4) is 0 Å². The van der Waals surface area contributed by atoms with Gasteiger partial charge in [-0.05, 0) is 13.0 Å². The van der Waals surface area contributed by atoms with Crippen LogP contribution in [0.25, 0.3) is 0 Å². The zero-order valence-electron chi connectivity index (χ0n) is 8.32. The Hall–Kier alpha value is -0.660. The molecule has 0 aromatic heterocycles. The van der Waals surface area contributed by atoms with Crippen molar-refractivity contribution in [2.24, 2.45) is 0 Å². The van der Waals surface area contributed by atoms with Gasteiger partial charge in [0, 0.05) is 1.37 Å². The van der Waals surface area contributed by atoms with Gasteiger partial charge in [-0.25, -0.2) is 0 Å². The molecule has 0 saturated carbocycles. The molecule has 1 fully saturated rings. The maximum absolute atomic E-state index is 9.41. The Morgan fingerprint density at radius 1 is 1.21 bits per heavy atom. The Morgan fingerprint density at radius 3 is 2.43 bits per heavy atom. The summed E-state index contributed by atoms with van der Waals surface area (Å²) in [6.07, 6.45) is -6.74. The first-order valence-electron chi connectivity index (χ1n) is 4.75. The summed E-state index contributed by atoms with van der Waals surface area (Å²) in [7, 11) is 0. The lowest BCUT2D eigenvalue weighted by Crippen LogP contribution is -2.57. The van der Waals surface area contributed by atoms with Crippen molar-refractivity contribution >= 4 is 0 Å². The lowest BCUT2D eigenvalue weighted by Gasteiger charge is -2.37. The van der Waals surface area contributed by atoms with Crippen LogP contribution in [0.4, 0.5) is 0 Å². The highest BCUT2D eigenvalue weighted by molar-refractivity contribution is 5.05. The van der Waals surface area contributed by atoms with E-state index < -0.39 is 36.5 Å². The minimum atomic E-state index is -1.69. The Labute approximate surface area is 82.1 Å². The number of hydrogen-bond donors (Lipinski definition) is 5. The van der Waals surface area contributed by atoms with Crippen LogP contribution < -0.4 is 0 Å². The molecule has 1 heterocycles. The average Bonchev–Trinajstić information content (AvgIpc) is 2.20. The van der Waals surface area contributed by atoms with Gasteiger partial charge in [-0.15, -0.1) is 0 Å². The average molecular weight is 207 g/mol. The fraction of sp³-hybridized carbons (Fsp3) is 0.750. The Kier molecular flexibility index (Phi) is 2.99. The quantitative estimate of drug-likeness (QED) is 0.326. The Balaban J connectivity index is 2.79. The summed E-state index contributed by atoms with van der Waals surface area (Å²) in [5.74, 6) is -0.456. The van der Waals surface area contributed by atoms with E-state index in [0.29, 0.717) is 0 Å². The highest BCUT2D eigenvalue weighted by Gasteiger charge is 2.44. The third-order valence-corrected chi connectivity index (χ3v) is 2.09.